The molecule has 0 aliphatic carbocycles. The molecule has 4 aromatic carbocycles. The second-order valence-corrected chi connectivity index (χ2v) is 12.8. The monoisotopic (exact) mass is 849 g/mol. The maximum absolute atomic E-state index is 8.57. The predicted octanol–water partition coefficient (Wildman–Crippen LogP) is 11.4. The van der Waals surface area contributed by atoms with E-state index in [2.05, 4.69) is 53.9 Å². The summed E-state index contributed by atoms with van der Waals surface area (Å²) in [6, 6.07) is 44.1. The van der Waals surface area contributed by atoms with E-state index in [0.29, 0.717) is 28.0 Å². The number of pyridine rings is 3. The number of aryl methyl sites for hydroxylation is 3. The summed E-state index contributed by atoms with van der Waals surface area (Å²) in [5.74, 6) is 0. The van der Waals surface area contributed by atoms with Crippen LogP contribution in [-0.4, -0.2) is 15.0 Å². The van der Waals surface area contributed by atoms with Crippen molar-refractivity contribution in [2.75, 3.05) is 0 Å². The molecule has 8 rings (SSSR count). The third-order valence-corrected chi connectivity index (χ3v) is 8.27. The van der Waals surface area contributed by atoms with Crippen LogP contribution in [0, 0.1) is 19.0 Å². The zero-order chi connectivity index (χ0) is 40.6. The van der Waals surface area contributed by atoms with Gasteiger partial charge in [-0.25, -0.2) is 4.98 Å². The Morgan fingerprint density at radius 2 is 1.55 bits per heavy atom. The fourth-order valence-electron chi connectivity index (χ4n) is 5.54. The van der Waals surface area contributed by atoms with Gasteiger partial charge in [-0.2, -0.15) is 0 Å². The number of nitrogens with zero attached hydrogens (tertiary/aromatic N) is 3. The van der Waals surface area contributed by atoms with Gasteiger partial charge in [0.25, 0.3) is 0 Å². The molecular formula is C46H39IrN3O-2. The molecule has 0 bridgehead atoms. The molecule has 0 spiro atoms. The molecule has 4 aromatic heterocycles. The Labute approximate surface area is 323 Å². The first-order chi connectivity index (χ1) is 27.1. The van der Waals surface area contributed by atoms with Crippen LogP contribution in [0.1, 0.15) is 52.8 Å². The Hall–Kier alpha value is -5.22. The first-order valence-corrected chi connectivity index (χ1v) is 16.4. The Morgan fingerprint density at radius 3 is 2.25 bits per heavy atom. The van der Waals surface area contributed by atoms with E-state index >= 15 is 0 Å². The molecule has 51 heavy (non-hydrogen) atoms. The molecule has 0 unspecified atom stereocenters. The number of hydrogen-bond donors (Lipinski definition) is 0. The van der Waals surface area contributed by atoms with Crippen molar-refractivity contribution in [3.05, 3.63) is 174 Å². The van der Waals surface area contributed by atoms with Crippen LogP contribution in [0.5, 0.6) is 0 Å². The van der Waals surface area contributed by atoms with Gasteiger partial charge < -0.3 is 14.4 Å². The zero-order valence-corrected chi connectivity index (χ0v) is 30.8. The Balaban J connectivity index is 0.000000195. The van der Waals surface area contributed by atoms with Crippen LogP contribution in [0.25, 0.3) is 55.7 Å². The van der Waals surface area contributed by atoms with E-state index in [1.165, 1.54) is 6.07 Å². The Bertz CT molecular complexity index is 2640. The van der Waals surface area contributed by atoms with E-state index in [9.17, 15) is 0 Å². The van der Waals surface area contributed by atoms with Crippen LogP contribution in [0.3, 0.4) is 0 Å². The summed E-state index contributed by atoms with van der Waals surface area (Å²) in [5.41, 5.74) is 7.08. The predicted molar refractivity (Wildman–Crippen MR) is 205 cm³/mol. The third kappa shape index (κ3) is 8.23. The van der Waals surface area contributed by atoms with Crippen LogP contribution in [0.4, 0.5) is 0 Å². The number of aromatic nitrogens is 3. The Morgan fingerprint density at radius 1 is 0.765 bits per heavy atom. The summed E-state index contributed by atoms with van der Waals surface area (Å²) in [6.07, 6.45) is -1.09. The van der Waals surface area contributed by atoms with Crippen LogP contribution < -0.4 is 0 Å². The van der Waals surface area contributed by atoms with Crippen molar-refractivity contribution >= 4 is 22.1 Å². The fraction of sp³-hybridized carbons (Fsp3) is 0.152. The zero-order valence-electron chi connectivity index (χ0n) is 35.4. The van der Waals surface area contributed by atoms with E-state index in [1.54, 1.807) is 54.7 Å². The minimum atomic E-state index is -2.38. The van der Waals surface area contributed by atoms with Crippen molar-refractivity contribution in [1.82, 2.24) is 15.0 Å². The second-order valence-electron chi connectivity index (χ2n) is 12.8. The van der Waals surface area contributed by atoms with Gasteiger partial charge in [0.15, 0.2) is 0 Å². The summed E-state index contributed by atoms with van der Waals surface area (Å²) in [4.78, 5) is 13.3. The van der Waals surface area contributed by atoms with Gasteiger partial charge in [-0.05, 0) is 64.4 Å². The van der Waals surface area contributed by atoms with Gasteiger partial charge in [-0.1, -0.05) is 129 Å². The molecule has 0 aliphatic rings. The largest absolute Gasteiger partial charge is 0.486 e. The Kier molecular flexibility index (Phi) is 8.50. The molecule has 8 aromatic rings. The topological polar surface area (TPSA) is 51.8 Å². The second kappa shape index (κ2) is 15.8. The van der Waals surface area contributed by atoms with Crippen LogP contribution >= 0.6 is 0 Å². The quantitative estimate of drug-likeness (QED) is 0.156. The number of rotatable bonds is 6. The molecule has 0 N–H and O–H groups in total. The van der Waals surface area contributed by atoms with E-state index in [4.69, 9.17) is 14.0 Å². The minimum Gasteiger partial charge on any atom is -0.486 e. The minimum absolute atomic E-state index is 0. The maximum Gasteiger partial charge on any atom is 0.216 e. The van der Waals surface area contributed by atoms with E-state index in [-0.39, 0.29) is 42.5 Å². The van der Waals surface area contributed by atoms with Crippen LogP contribution in [0.15, 0.2) is 144 Å². The van der Waals surface area contributed by atoms with E-state index in [1.807, 2.05) is 72.9 Å². The molecular weight excluding hydrogens is 803 g/mol. The van der Waals surface area contributed by atoms with E-state index in [0.717, 1.165) is 33.2 Å². The average Bonchev–Trinajstić information content (AvgIpc) is 3.59. The number of hydrogen-bond acceptors (Lipinski definition) is 4. The summed E-state index contributed by atoms with van der Waals surface area (Å²) in [7, 11) is 0. The van der Waals surface area contributed by atoms with Crippen molar-refractivity contribution < 1.29 is 34.1 Å². The molecule has 255 valence electrons. The normalized spacial score (nSPS) is 14.0. The summed E-state index contributed by atoms with van der Waals surface area (Å²) in [5, 5.41) is 1.54. The average molecular weight is 849 g/mol. The van der Waals surface area contributed by atoms with Crippen molar-refractivity contribution in [2.24, 2.45) is 0 Å². The van der Waals surface area contributed by atoms with Gasteiger partial charge in [-0.15, -0.1) is 47.5 Å². The number of furan rings is 1. The summed E-state index contributed by atoms with van der Waals surface area (Å²) in [6.45, 7) is 4.25. The van der Waals surface area contributed by atoms with Crippen LogP contribution in [-0.2, 0) is 38.3 Å². The van der Waals surface area contributed by atoms with Gasteiger partial charge in [0, 0.05) is 53.2 Å². The molecule has 4 heterocycles. The van der Waals surface area contributed by atoms with Gasteiger partial charge in [0.05, 0.1) is 5.58 Å². The van der Waals surface area contributed by atoms with Crippen molar-refractivity contribution in [2.45, 2.75) is 45.8 Å². The van der Waals surface area contributed by atoms with Gasteiger partial charge in [0.2, 0.25) is 5.71 Å². The molecule has 0 atom stereocenters. The molecule has 0 aliphatic heterocycles. The number of fused-ring (bicyclic) bond motifs is 3. The SMILES string of the molecule is [2H]C([2H])([2H])c1c[c-]c(-c2ccc(C(C)(C)C)cn2)cc1-c1ccccc1.[2H]C([2H])(c1ccccc1)C([2H])([2H])c1ccc2c(n1)oc1c(-c3ccccn3)[c-]ccc12.[Ir]. The van der Waals surface area contributed by atoms with Gasteiger partial charge in [0.1, 0.15) is 0 Å². The molecule has 5 heteroatoms. The van der Waals surface area contributed by atoms with E-state index < -0.39 is 19.6 Å². The molecule has 0 saturated heterocycles. The molecule has 0 amide bonds. The summed E-state index contributed by atoms with van der Waals surface area (Å²) >= 11 is 0. The first-order valence-electron chi connectivity index (χ1n) is 19.9. The van der Waals surface area contributed by atoms with Crippen LogP contribution in [0.2, 0.25) is 0 Å². The molecule has 0 saturated carbocycles. The third-order valence-electron chi connectivity index (χ3n) is 8.27. The summed E-state index contributed by atoms with van der Waals surface area (Å²) < 4.78 is 63.6. The molecule has 4 nitrogen and oxygen atoms in total. The maximum atomic E-state index is 8.57. The van der Waals surface area contributed by atoms with Crippen molar-refractivity contribution in [3.63, 3.8) is 0 Å². The first kappa shape index (κ1) is 27.5. The molecule has 1 radical (unpaired) electrons. The standard InChI is InChI=1S/C24H17N2O.C22H22N.Ir/c1-2-7-17(8-3-1)12-13-18-14-15-20-19-9-6-10-21(22-11-4-5-16-25-22)23(19)27-24(20)26-18;1-16-10-11-18(14-20(16)17-8-6-5-7-9-17)21-13-12-19(15-23-21)22(2,3)4;/h1-9,11,14-16H,12-13H2;5-10,12-15H,1-4H3;/q2*-1;/i12D2,13D2;1D3;. The fourth-order valence-corrected chi connectivity index (χ4v) is 5.54. The van der Waals surface area contributed by atoms with Crippen molar-refractivity contribution in [1.29, 1.82) is 0 Å². The van der Waals surface area contributed by atoms with Gasteiger partial charge in [-0.3, -0.25) is 0 Å². The number of benzene rings is 4. The smallest absolute Gasteiger partial charge is 0.216 e. The molecule has 0 fully saturated rings. The van der Waals surface area contributed by atoms with Gasteiger partial charge >= 0.3 is 0 Å². The van der Waals surface area contributed by atoms with Crippen molar-refractivity contribution in [3.8, 4) is 33.6 Å².